The van der Waals surface area contributed by atoms with E-state index in [2.05, 4.69) is 0 Å². The lowest BCUT2D eigenvalue weighted by molar-refractivity contribution is -0.127. The maximum Gasteiger partial charge on any atom is 0.183 e. The molecule has 1 aromatic rings. The van der Waals surface area contributed by atoms with Gasteiger partial charge in [0, 0.05) is 0 Å². The van der Waals surface area contributed by atoms with Crippen LogP contribution in [0.25, 0.3) is 6.08 Å². The molecule has 2 heteroatoms. The Morgan fingerprint density at radius 3 is 2.47 bits per heavy atom. The summed E-state index contributed by atoms with van der Waals surface area (Å²) in [7, 11) is 0. The smallest absolute Gasteiger partial charge is 0.183 e. The van der Waals surface area contributed by atoms with Crippen molar-refractivity contribution in [3.8, 4) is 0 Å². The molecule has 0 radical (unpaired) electrons. The van der Waals surface area contributed by atoms with Crippen LogP contribution in [0.5, 0.6) is 0 Å². The second kappa shape index (κ2) is 3.54. The molecule has 0 aromatic heterocycles. The van der Waals surface area contributed by atoms with Gasteiger partial charge in [0.1, 0.15) is 5.76 Å². The third-order valence-corrected chi connectivity index (χ3v) is 2.52. The first-order valence-electron chi connectivity index (χ1n) is 5.06. The lowest BCUT2D eigenvalue weighted by Crippen LogP contribution is -2.26. The monoisotopic (exact) mass is 202 g/mol. The number of hydrogen-bond donors (Lipinski definition) is 0. The van der Waals surface area contributed by atoms with Crippen LogP contribution < -0.4 is 0 Å². The van der Waals surface area contributed by atoms with E-state index in [1.165, 1.54) is 0 Å². The van der Waals surface area contributed by atoms with Gasteiger partial charge in [-0.3, -0.25) is 4.79 Å². The number of ether oxygens (including phenoxy) is 1. The summed E-state index contributed by atoms with van der Waals surface area (Å²) in [6.07, 6.45) is 2.33. The predicted molar refractivity (Wildman–Crippen MR) is 59.2 cm³/mol. The van der Waals surface area contributed by atoms with E-state index in [1.54, 1.807) is 13.8 Å². The summed E-state index contributed by atoms with van der Waals surface area (Å²) in [5.41, 5.74) is 0.415. The first-order chi connectivity index (χ1) is 7.08. The zero-order valence-electron chi connectivity index (χ0n) is 8.99. The molecule has 0 unspecified atom stereocenters. The third kappa shape index (κ3) is 2.09. The summed E-state index contributed by atoms with van der Waals surface area (Å²) in [5, 5.41) is 0. The molecule has 1 aromatic carbocycles. The third-order valence-electron chi connectivity index (χ3n) is 2.52. The molecule has 1 saturated heterocycles. The first kappa shape index (κ1) is 9.97. The summed E-state index contributed by atoms with van der Waals surface area (Å²) >= 11 is 0. The van der Waals surface area contributed by atoms with Crippen molar-refractivity contribution in [2.24, 2.45) is 0 Å². The Labute approximate surface area is 89.6 Å². The van der Waals surface area contributed by atoms with Crippen molar-refractivity contribution in [2.45, 2.75) is 25.9 Å². The van der Waals surface area contributed by atoms with Gasteiger partial charge >= 0.3 is 0 Å². The number of ketones is 1. The van der Waals surface area contributed by atoms with Gasteiger partial charge in [0.15, 0.2) is 11.4 Å². The second-order valence-electron chi connectivity index (χ2n) is 4.23. The van der Waals surface area contributed by atoms with E-state index in [0.717, 1.165) is 11.3 Å². The number of hydrogen-bond acceptors (Lipinski definition) is 2. The zero-order chi connectivity index (χ0) is 10.9. The van der Waals surface area contributed by atoms with Crippen LogP contribution >= 0.6 is 0 Å². The fraction of sp³-hybridized carbons (Fsp3) is 0.308. The van der Waals surface area contributed by atoms with Crippen molar-refractivity contribution in [3.63, 3.8) is 0 Å². The molecule has 15 heavy (non-hydrogen) atoms. The van der Waals surface area contributed by atoms with Crippen LogP contribution in [0.2, 0.25) is 0 Å². The summed E-state index contributed by atoms with van der Waals surface area (Å²) < 4.78 is 5.58. The lowest BCUT2D eigenvalue weighted by atomic mass is 10.0. The van der Waals surface area contributed by atoms with Gasteiger partial charge in [-0.15, -0.1) is 0 Å². The number of carbonyl (C=O) groups excluding carboxylic acids is 1. The van der Waals surface area contributed by atoms with Gasteiger partial charge in [-0.2, -0.15) is 0 Å². The molecular weight excluding hydrogens is 188 g/mol. The molecule has 0 spiro atoms. The van der Waals surface area contributed by atoms with Crippen molar-refractivity contribution >= 4 is 11.9 Å². The van der Waals surface area contributed by atoms with Crippen molar-refractivity contribution < 1.29 is 9.53 Å². The van der Waals surface area contributed by atoms with Gasteiger partial charge in [-0.05, 0) is 25.5 Å². The maximum absolute atomic E-state index is 11.5. The van der Waals surface area contributed by atoms with Gasteiger partial charge in [0.2, 0.25) is 0 Å². The van der Waals surface area contributed by atoms with Crippen molar-refractivity contribution in [1.82, 2.24) is 0 Å². The molecule has 0 amide bonds. The zero-order valence-corrected chi connectivity index (χ0v) is 8.99. The highest BCUT2D eigenvalue weighted by Crippen LogP contribution is 2.29. The van der Waals surface area contributed by atoms with E-state index in [-0.39, 0.29) is 5.78 Å². The van der Waals surface area contributed by atoms with Gasteiger partial charge < -0.3 is 4.74 Å². The molecule has 78 valence electrons. The van der Waals surface area contributed by atoms with Gasteiger partial charge in [-0.1, -0.05) is 30.3 Å². The molecule has 1 aliphatic heterocycles. The van der Waals surface area contributed by atoms with Crippen LogP contribution in [0.3, 0.4) is 0 Å². The van der Waals surface area contributed by atoms with Crippen LogP contribution in [0.15, 0.2) is 36.1 Å². The van der Waals surface area contributed by atoms with Crippen LogP contribution in [-0.4, -0.2) is 11.4 Å². The fourth-order valence-corrected chi connectivity index (χ4v) is 1.61. The highest BCUT2D eigenvalue weighted by Gasteiger charge is 2.37. The Hall–Kier alpha value is -1.57. The van der Waals surface area contributed by atoms with E-state index in [1.807, 2.05) is 36.4 Å². The van der Waals surface area contributed by atoms with E-state index < -0.39 is 5.60 Å². The standard InChI is InChI=1S/C13H14O2/c1-13(2)12(14)9-11(15-13)8-10-6-4-3-5-7-10/h3-8H,9H2,1-2H3. The topological polar surface area (TPSA) is 26.3 Å². The SMILES string of the molecule is CC1(C)OC(=Cc2ccccc2)CC1=O. The number of rotatable bonds is 1. The molecule has 1 aliphatic rings. The maximum atomic E-state index is 11.5. The van der Waals surface area contributed by atoms with Crippen LogP contribution in [0.4, 0.5) is 0 Å². The van der Waals surface area contributed by atoms with Crippen molar-refractivity contribution in [3.05, 3.63) is 41.7 Å². The normalized spacial score (nSPS) is 21.7. The molecular formula is C13H14O2. The Bertz CT molecular complexity index is 402. The molecule has 0 atom stereocenters. The fourth-order valence-electron chi connectivity index (χ4n) is 1.61. The van der Waals surface area contributed by atoms with E-state index in [9.17, 15) is 4.79 Å². The first-order valence-corrected chi connectivity index (χ1v) is 5.06. The van der Waals surface area contributed by atoms with Gasteiger partial charge in [0.05, 0.1) is 6.42 Å². The predicted octanol–water partition coefficient (Wildman–Crippen LogP) is 2.80. The minimum absolute atomic E-state index is 0.143. The Morgan fingerprint density at radius 2 is 1.93 bits per heavy atom. The minimum Gasteiger partial charge on any atom is -0.484 e. The van der Waals surface area contributed by atoms with Gasteiger partial charge in [0.25, 0.3) is 0 Å². The Kier molecular flexibility index (Phi) is 2.35. The average molecular weight is 202 g/mol. The van der Waals surface area contributed by atoms with E-state index >= 15 is 0 Å². The molecule has 0 saturated carbocycles. The number of benzene rings is 1. The quantitative estimate of drug-likeness (QED) is 0.700. The van der Waals surface area contributed by atoms with E-state index in [0.29, 0.717) is 6.42 Å². The van der Waals surface area contributed by atoms with Crippen LogP contribution in [0.1, 0.15) is 25.8 Å². The lowest BCUT2D eigenvalue weighted by Gasteiger charge is -2.15. The van der Waals surface area contributed by atoms with Crippen LogP contribution in [0, 0.1) is 0 Å². The molecule has 2 nitrogen and oxygen atoms in total. The second-order valence-corrected chi connectivity index (χ2v) is 4.23. The Balaban J connectivity index is 2.22. The largest absolute Gasteiger partial charge is 0.484 e. The van der Waals surface area contributed by atoms with Crippen molar-refractivity contribution in [2.75, 3.05) is 0 Å². The average Bonchev–Trinajstić information content (AvgIpc) is 2.42. The summed E-state index contributed by atoms with van der Waals surface area (Å²) in [5.74, 6) is 0.904. The highest BCUT2D eigenvalue weighted by atomic mass is 16.5. The molecule has 0 N–H and O–H groups in total. The summed E-state index contributed by atoms with van der Waals surface area (Å²) in [4.78, 5) is 11.5. The molecule has 2 rings (SSSR count). The molecule has 1 heterocycles. The molecule has 0 bridgehead atoms. The molecule has 0 aliphatic carbocycles. The number of Topliss-reactive ketones (excluding diaryl/α,β-unsaturated/α-hetero) is 1. The van der Waals surface area contributed by atoms with Crippen molar-refractivity contribution in [1.29, 1.82) is 0 Å². The summed E-state index contributed by atoms with van der Waals surface area (Å²) in [6.45, 7) is 3.61. The van der Waals surface area contributed by atoms with E-state index in [4.69, 9.17) is 4.74 Å². The summed E-state index contributed by atoms with van der Waals surface area (Å²) in [6, 6.07) is 9.88. The van der Waals surface area contributed by atoms with Gasteiger partial charge in [-0.25, -0.2) is 0 Å². The Morgan fingerprint density at radius 1 is 1.27 bits per heavy atom. The molecule has 1 fully saturated rings. The van der Waals surface area contributed by atoms with Crippen LogP contribution in [-0.2, 0) is 9.53 Å². The highest BCUT2D eigenvalue weighted by molar-refractivity contribution is 5.91. The number of allylic oxidation sites excluding steroid dienone is 1. The minimum atomic E-state index is -0.652. The number of carbonyl (C=O) groups is 1.